The van der Waals surface area contributed by atoms with Crippen LogP contribution in [-0.2, 0) is 17.9 Å². The van der Waals surface area contributed by atoms with Gasteiger partial charge in [-0.1, -0.05) is 42.5 Å². The van der Waals surface area contributed by atoms with Gasteiger partial charge in [-0.25, -0.2) is 0 Å². The molecule has 2 heterocycles. The molecule has 7 nitrogen and oxygen atoms in total. The molecule has 1 saturated heterocycles. The zero-order valence-corrected chi connectivity index (χ0v) is 21.6. The molecule has 0 radical (unpaired) electrons. The summed E-state index contributed by atoms with van der Waals surface area (Å²) in [5.41, 5.74) is 3.04. The van der Waals surface area contributed by atoms with Gasteiger partial charge in [0.25, 0.3) is 5.91 Å². The summed E-state index contributed by atoms with van der Waals surface area (Å²) in [7, 11) is 1.81. The van der Waals surface area contributed by atoms with Crippen LogP contribution in [0.5, 0.6) is 0 Å². The summed E-state index contributed by atoms with van der Waals surface area (Å²) in [6.45, 7) is 3.98. The lowest BCUT2D eigenvalue weighted by molar-refractivity contribution is 0.0906. The molecule has 1 atom stereocenters. The van der Waals surface area contributed by atoms with Gasteiger partial charge in [0.2, 0.25) is 0 Å². The first-order chi connectivity index (χ1) is 16.2. The zero-order chi connectivity index (χ0) is 22.9. The van der Waals surface area contributed by atoms with Gasteiger partial charge in [0, 0.05) is 38.3 Å². The maximum Gasteiger partial charge on any atom is 0.291 e. The molecule has 1 aliphatic rings. The van der Waals surface area contributed by atoms with Crippen molar-refractivity contribution in [2.75, 3.05) is 32.1 Å². The number of ether oxygens (including phenoxy) is 1. The second-order valence-corrected chi connectivity index (χ2v) is 8.13. The maximum atomic E-state index is 12.1. The summed E-state index contributed by atoms with van der Waals surface area (Å²) in [5.74, 6) is 1.43. The minimum atomic E-state index is -0.261. The number of amides is 1. The van der Waals surface area contributed by atoms with Gasteiger partial charge in [-0.2, -0.15) is 0 Å². The Labute approximate surface area is 217 Å². The van der Waals surface area contributed by atoms with Gasteiger partial charge < -0.3 is 24.7 Å². The largest absolute Gasteiger partial charge is 0.459 e. The molecule has 0 spiro atoms. The minimum Gasteiger partial charge on any atom is -0.459 e. The smallest absolute Gasteiger partial charge is 0.291 e. The Hall–Kier alpha value is -2.85. The lowest BCUT2D eigenvalue weighted by Gasteiger charge is -2.22. The number of hydrogen-bond acceptors (Lipinski definition) is 4. The topological polar surface area (TPSA) is 79.1 Å². The Morgan fingerprint density at radius 3 is 2.59 bits per heavy atom. The van der Waals surface area contributed by atoms with Crippen LogP contribution >= 0.6 is 24.0 Å². The summed E-state index contributed by atoms with van der Waals surface area (Å²) in [4.78, 5) is 18.8. The van der Waals surface area contributed by atoms with E-state index in [0.29, 0.717) is 24.8 Å². The number of hydrogen-bond donors (Lipinski definition) is 2. The molecule has 3 aromatic rings. The molecule has 0 aliphatic carbocycles. The number of carbonyl (C=O) groups is 1. The van der Waals surface area contributed by atoms with E-state index >= 15 is 0 Å². The van der Waals surface area contributed by atoms with Gasteiger partial charge in [-0.05, 0) is 41.8 Å². The quantitative estimate of drug-likeness (QED) is 0.231. The van der Waals surface area contributed by atoms with Crippen molar-refractivity contribution < 1.29 is 13.9 Å². The van der Waals surface area contributed by atoms with Crippen molar-refractivity contribution in [1.82, 2.24) is 10.2 Å². The van der Waals surface area contributed by atoms with E-state index in [2.05, 4.69) is 32.7 Å². The molecule has 2 aromatic carbocycles. The van der Waals surface area contributed by atoms with Crippen LogP contribution in [0.15, 0.2) is 82.4 Å². The lowest BCUT2D eigenvalue weighted by atomic mass is 10.1. The molecular weight excluding hydrogens is 543 g/mol. The summed E-state index contributed by atoms with van der Waals surface area (Å²) < 4.78 is 11.1. The molecule has 2 N–H and O–H groups in total. The van der Waals surface area contributed by atoms with E-state index in [-0.39, 0.29) is 29.9 Å². The van der Waals surface area contributed by atoms with Gasteiger partial charge in [-0.3, -0.25) is 9.79 Å². The summed E-state index contributed by atoms with van der Waals surface area (Å²) in [6, 6.07) is 21.3. The normalized spacial score (nSPS) is 15.6. The molecule has 1 fully saturated rings. The van der Waals surface area contributed by atoms with E-state index in [1.807, 2.05) is 49.5 Å². The Kier molecular flexibility index (Phi) is 9.96. The predicted octanol–water partition coefficient (Wildman–Crippen LogP) is 4.76. The van der Waals surface area contributed by atoms with Crippen molar-refractivity contribution in [3.63, 3.8) is 0 Å². The third kappa shape index (κ3) is 7.33. The third-order valence-electron chi connectivity index (χ3n) is 5.67. The third-order valence-corrected chi connectivity index (χ3v) is 5.67. The number of anilines is 1. The second-order valence-electron chi connectivity index (χ2n) is 8.13. The number of nitrogens with zero attached hydrogens (tertiary/aromatic N) is 2. The van der Waals surface area contributed by atoms with E-state index in [1.165, 1.54) is 11.8 Å². The van der Waals surface area contributed by atoms with Crippen LogP contribution in [-0.4, -0.2) is 43.5 Å². The zero-order valence-electron chi connectivity index (χ0n) is 19.3. The van der Waals surface area contributed by atoms with E-state index in [0.717, 1.165) is 43.3 Å². The number of furan rings is 1. The Morgan fingerprint density at radius 2 is 1.88 bits per heavy atom. The molecule has 4 rings (SSSR count). The first-order valence-electron chi connectivity index (χ1n) is 11.2. The molecule has 0 saturated carbocycles. The van der Waals surface area contributed by atoms with Crippen molar-refractivity contribution in [3.8, 4) is 0 Å². The van der Waals surface area contributed by atoms with Gasteiger partial charge in [0.1, 0.15) is 0 Å². The van der Waals surface area contributed by atoms with Crippen LogP contribution in [0.2, 0.25) is 0 Å². The lowest BCUT2D eigenvalue weighted by Crippen LogP contribution is -2.39. The maximum absolute atomic E-state index is 12.1. The van der Waals surface area contributed by atoms with Crippen molar-refractivity contribution in [2.45, 2.75) is 19.6 Å². The van der Waals surface area contributed by atoms with E-state index in [4.69, 9.17) is 9.15 Å². The number of rotatable bonds is 8. The SMILES string of the molecule is CN=C(NCc1ccc(NC(=O)c2ccco2)cc1)N1CCC(COCc2ccccc2)C1.I. The highest BCUT2D eigenvalue weighted by Crippen LogP contribution is 2.18. The predicted molar refractivity (Wildman–Crippen MR) is 144 cm³/mol. The van der Waals surface area contributed by atoms with Crippen molar-refractivity contribution in [1.29, 1.82) is 0 Å². The Morgan fingerprint density at radius 1 is 1.09 bits per heavy atom. The van der Waals surface area contributed by atoms with E-state index in [9.17, 15) is 4.79 Å². The molecule has 1 unspecified atom stereocenters. The van der Waals surface area contributed by atoms with Crippen molar-refractivity contribution >= 4 is 41.5 Å². The molecule has 8 heteroatoms. The average molecular weight is 574 g/mol. The fourth-order valence-electron chi connectivity index (χ4n) is 3.90. The first-order valence-corrected chi connectivity index (χ1v) is 11.2. The van der Waals surface area contributed by atoms with Crippen LogP contribution in [0.1, 0.15) is 28.1 Å². The molecular formula is C26H31IN4O3. The second kappa shape index (κ2) is 13.1. The molecule has 180 valence electrons. The highest BCUT2D eigenvalue weighted by atomic mass is 127. The number of aliphatic imine (C=N–C) groups is 1. The summed E-state index contributed by atoms with van der Waals surface area (Å²) in [6.07, 6.45) is 2.58. The monoisotopic (exact) mass is 574 g/mol. The van der Waals surface area contributed by atoms with Gasteiger partial charge >= 0.3 is 0 Å². The first kappa shape index (κ1) is 25.8. The number of guanidine groups is 1. The molecule has 1 aliphatic heterocycles. The molecule has 1 aromatic heterocycles. The van der Waals surface area contributed by atoms with E-state index < -0.39 is 0 Å². The van der Waals surface area contributed by atoms with Gasteiger partial charge in [0.15, 0.2) is 11.7 Å². The standard InChI is InChI=1S/C26H30N4O3.HI/c1-27-26(30-14-13-22(17-30)19-32-18-21-6-3-2-4-7-21)28-16-20-9-11-23(12-10-20)29-25(31)24-8-5-15-33-24;/h2-12,15,22H,13-14,16-19H2,1H3,(H,27,28)(H,29,31);1H. The van der Waals surface area contributed by atoms with Crippen LogP contribution in [0.25, 0.3) is 0 Å². The Bertz CT molecular complexity index is 1040. The van der Waals surface area contributed by atoms with E-state index in [1.54, 1.807) is 12.1 Å². The van der Waals surface area contributed by atoms with Crippen LogP contribution in [0.3, 0.4) is 0 Å². The minimum absolute atomic E-state index is 0. The molecule has 0 bridgehead atoms. The van der Waals surface area contributed by atoms with Gasteiger partial charge in [-0.15, -0.1) is 24.0 Å². The van der Waals surface area contributed by atoms with Crippen molar-refractivity contribution in [2.24, 2.45) is 10.9 Å². The molecule has 34 heavy (non-hydrogen) atoms. The number of halogens is 1. The number of benzene rings is 2. The Balaban J connectivity index is 0.00000324. The highest BCUT2D eigenvalue weighted by molar-refractivity contribution is 14.0. The van der Waals surface area contributed by atoms with Crippen LogP contribution in [0.4, 0.5) is 5.69 Å². The van der Waals surface area contributed by atoms with Crippen LogP contribution < -0.4 is 10.6 Å². The summed E-state index contributed by atoms with van der Waals surface area (Å²) >= 11 is 0. The molecule has 1 amide bonds. The number of carbonyl (C=O) groups excluding carboxylic acids is 1. The van der Waals surface area contributed by atoms with Crippen LogP contribution in [0, 0.1) is 5.92 Å². The fraction of sp³-hybridized carbons (Fsp3) is 0.308. The highest BCUT2D eigenvalue weighted by Gasteiger charge is 2.25. The van der Waals surface area contributed by atoms with Gasteiger partial charge in [0.05, 0.1) is 19.5 Å². The summed E-state index contributed by atoms with van der Waals surface area (Å²) in [5, 5.41) is 6.27. The fourth-order valence-corrected chi connectivity index (χ4v) is 3.90. The average Bonchev–Trinajstić information content (AvgIpc) is 3.54. The number of likely N-dealkylation sites (tertiary alicyclic amines) is 1. The number of nitrogens with one attached hydrogen (secondary N) is 2. The van der Waals surface area contributed by atoms with Crippen molar-refractivity contribution in [3.05, 3.63) is 89.9 Å².